The van der Waals surface area contributed by atoms with Crippen molar-refractivity contribution in [3.05, 3.63) is 30.3 Å². The van der Waals surface area contributed by atoms with Gasteiger partial charge in [0, 0.05) is 0 Å². The van der Waals surface area contributed by atoms with Crippen LogP contribution in [0.15, 0.2) is 35.4 Å². The molecule has 110 valence electrons. The van der Waals surface area contributed by atoms with E-state index in [9.17, 15) is 17.8 Å². The zero-order valence-corrected chi connectivity index (χ0v) is 12.3. The summed E-state index contributed by atoms with van der Waals surface area (Å²) in [5.41, 5.74) is 0.923. The summed E-state index contributed by atoms with van der Waals surface area (Å²) in [5.74, 6) is -1.46. The molecule has 1 atom stereocenters. The molecule has 1 aromatic rings. The van der Waals surface area contributed by atoms with Crippen molar-refractivity contribution >= 4 is 57.0 Å². The van der Waals surface area contributed by atoms with Gasteiger partial charge in [-0.05, 0) is 32.9 Å². The number of hydrazone groups is 1. The van der Waals surface area contributed by atoms with Crippen LogP contribution in [0.25, 0.3) is 0 Å². The van der Waals surface area contributed by atoms with Gasteiger partial charge < -0.3 is 0 Å². The third-order valence-corrected chi connectivity index (χ3v) is 5.06. The van der Waals surface area contributed by atoms with E-state index in [0.29, 0.717) is 11.4 Å². The number of para-hydroxylation sites is 1. The van der Waals surface area contributed by atoms with Crippen molar-refractivity contribution in [2.75, 3.05) is 5.01 Å². The Hall–Kier alpha value is -0.730. The van der Waals surface area contributed by atoms with Crippen LogP contribution in [0.2, 0.25) is 0 Å². The second-order valence-corrected chi connectivity index (χ2v) is 7.24. The van der Waals surface area contributed by atoms with E-state index in [4.69, 9.17) is 0 Å². The second-order valence-electron chi connectivity index (χ2n) is 5.24. The summed E-state index contributed by atoms with van der Waals surface area (Å²) in [4.78, 5) is 12.4. The molecule has 1 N–H and O–H groups in total. The van der Waals surface area contributed by atoms with Crippen LogP contribution in [0.5, 0.6) is 0 Å². The Labute approximate surface area is 146 Å². The van der Waals surface area contributed by atoms with Crippen molar-refractivity contribution in [2.24, 2.45) is 11.0 Å². The number of hydrogen-bond acceptors (Lipinski definition) is 4. The average Bonchev–Trinajstić information content (AvgIpc) is 2.65. The van der Waals surface area contributed by atoms with Crippen LogP contribution in [0.4, 0.5) is 5.69 Å². The normalized spacial score (nSPS) is 19.2. The summed E-state index contributed by atoms with van der Waals surface area (Å²) in [6.45, 7) is 4.22. The fraction of sp³-hybridized carbons (Fsp3) is 0.385. The van der Waals surface area contributed by atoms with Crippen molar-refractivity contribution in [2.45, 2.75) is 25.5 Å². The molecule has 8 heteroatoms. The van der Waals surface area contributed by atoms with Gasteiger partial charge in [-0.25, -0.2) is 5.01 Å². The van der Waals surface area contributed by atoms with Crippen molar-refractivity contribution in [1.82, 2.24) is 0 Å². The zero-order chi connectivity index (χ0) is 15.1. The molecule has 0 aromatic heterocycles. The van der Waals surface area contributed by atoms with Crippen LogP contribution in [-0.2, 0) is 14.9 Å². The fourth-order valence-electron chi connectivity index (χ4n) is 2.27. The van der Waals surface area contributed by atoms with Crippen molar-refractivity contribution < 1.29 is 17.8 Å². The molecule has 0 saturated carbocycles. The maximum atomic E-state index is 12.4. The molecule has 0 saturated heterocycles. The number of amides is 1. The molecule has 1 heterocycles. The minimum absolute atomic E-state index is 0. The van der Waals surface area contributed by atoms with Crippen molar-refractivity contribution in [3.63, 3.8) is 0 Å². The Morgan fingerprint density at radius 2 is 1.76 bits per heavy atom. The molecule has 0 spiro atoms. The van der Waals surface area contributed by atoms with E-state index in [1.807, 2.05) is 0 Å². The molecule has 0 radical (unpaired) electrons. The van der Waals surface area contributed by atoms with E-state index in [0.717, 1.165) is 0 Å². The maximum absolute atomic E-state index is 12.4. The first kappa shape index (κ1) is 18.3. The van der Waals surface area contributed by atoms with Crippen LogP contribution < -0.4 is 5.01 Å². The van der Waals surface area contributed by atoms with E-state index in [-0.39, 0.29) is 29.6 Å². The van der Waals surface area contributed by atoms with Gasteiger partial charge in [0.05, 0.1) is 11.4 Å². The molecule has 6 nitrogen and oxygen atoms in total. The van der Waals surface area contributed by atoms with E-state index < -0.39 is 26.7 Å². The molecule has 0 fully saturated rings. The molecule has 1 aromatic carbocycles. The van der Waals surface area contributed by atoms with Gasteiger partial charge in [-0.2, -0.15) is 13.5 Å². The summed E-state index contributed by atoms with van der Waals surface area (Å²) in [5, 5.41) is 5.30. The van der Waals surface area contributed by atoms with E-state index in [1.165, 1.54) is 18.9 Å². The molecule has 1 unspecified atom stereocenters. The van der Waals surface area contributed by atoms with Gasteiger partial charge in [-0.3, -0.25) is 9.35 Å². The topological polar surface area (TPSA) is 87.0 Å². The first-order chi connectivity index (χ1) is 9.16. The SMILES string of the molecule is CC1=NN(c2ccccc2)C(=O)C1C(C)(C)S(=O)(=O)O.[NaH]. The first-order valence-electron chi connectivity index (χ1n) is 6.07. The Bertz CT molecular complexity index is 671. The quantitative estimate of drug-likeness (QED) is 0.666. The predicted octanol–water partition coefficient (Wildman–Crippen LogP) is 1.04. The van der Waals surface area contributed by atoms with Crippen LogP contribution in [0.3, 0.4) is 0 Å². The number of rotatable bonds is 3. The molecule has 1 amide bonds. The van der Waals surface area contributed by atoms with E-state index in [1.54, 1.807) is 37.3 Å². The molecular formula is C13H17N2NaO4S. The number of anilines is 1. The molecule has 1 aliphatic rings. The Morgan fingerprint density at radius 3 is 2.24 bits per heavy atom. The number of nitrogens with zero attached hydrogens (tertiary/aromatic N) is 2. The number of hydrogen-bond donors (Lipinski definition) is 1. The van der Waals surface area contributed by atoms with Crippen LogP contribution >= 0.6 is 0 Å². The number of benzene rings is 1. The zero-order valence-electron chi connectivity index (χ0n) is 11.4. The Morgan fingerprint density at radius 1 is 1.24 bits per heavy atom. The first-order valence-corrected chi connectivity index (χ1v) is 7.51. The molecule has 2 rings (SSSR count). The number of carbonyl (C=O) groups is 1. The van der Waals surface area contributed by atoms with Gasteiger partial charge in [-0.15, -0.1) is 0 Å². The van der Waals surface area contributed by atoms with E-state index in [2.05, 4.69) is 5.10 Å². The van der Waals surface area contributed by atoms with Crippen LogP contribution in [0.1, 0.15) is 20.8 Å². The summed E-state index contributed by atoms with van der Waals surface area (Å²) in [6.07, 6.45) is 0. The molecule has 1 aliphatic heterocycles. The van der Waals surface area contributed by atoms with Gasteiger partial charge >= 0.3 is 29.6 Å². The third kappa shape index (κ3) is 3.22. The predicted molar refractivity (Wildman–Crippen MR) is 83.3 cm³/mol. The van der Waals surface area contributed by atoms with Gasteiger partial charge in [0.1, 0.15) is 10.7 Å². The minimum atomic E-state index is -4.39. The van der Waals surface area contributed by atoms with Crippen molar-refractivity contribution in [1.29, 1.82) is 0 Å². The standard InChI is InChI=1S/C13H16N2O4S.Na.H/c1-9-11(13(2,3)20(17,18)19)12(16)15(14-9)10-7-5-4-6-8-10;;/h4-8,11H,1-3H3,(H,17,18,19);;. The summed E-state index contributed by atoms with van der Waals surface area (Å²) < 4.78 is 30.7. The second kappa shape index (κ2) is 6.18. The van der Waals surface area contributed by atoms with Crippen LogP contribution in [0, 0.1) is 5.92 Å². The Kier molecular flexibility index (Phi) is 5.39. The number of carbonyl (C=O) groups excluding carboxylic acids is 1. The fourth-order valence-corrected chi connectivity index (χ4v) is 2.84. The van der Waals surface area contributed by atoms with Gasteiger partial charge in [0.15, 0.2) is 0 Å². The summed E-state index contributed by atoms with van der Waals surface area (Å²) in [6, 6.07) is 8.73. The van der Waals surface area contributed by atoms with Gasteiger partial charge in [0.2, 0.25) is 0 Å². The van der Waals surface area contributed by atoms with Crippen LogP contribution in [-0.4, -0.2) is 58.9 Å². The third-order valence-electron chi connectivity index (χ3n) is 3.49. The molecule has 0 aliphatic carbocycles. The molecular weight excluding hydrogens is 303 g/mol. The molecule has 21 heavy (non-hydrogen) atoms. The van der Waals surface area contributed by atoms with Gasteiger partial charge in [-0.1, -0.05) is 18.2 Å². The van der Waals surface area contributed by atoms with E-state index >= 15 is 0 Å². The average molecular weight is 320 g/mol. The monoisotopic (exact) mass is 320 g/mol. The molecule has 0 bridgehead atoms. The van der Waals surface area contributed by atoms with Gasteiger partial charge in [0.25, 0.3) is 16.0 Å². The summed E-state index contributed by atoms with van der Waals surface area (Å²) >= 11 is 0. The Balaban J connectivity index is 0.00000220. The van der Waals surface area contributed by atoms with Crippen molar-refractivity contribution in [3.8, 4) is 0 Å². The summed E-state index contributed by atoms with van der Waals surface area (Å²) in [7, 11) is -4.39.